The lowest BCUT2D eigenvalue weighted by atomic mass is 10.2. The van der Waals surface area contributed by atoms with Crippen LogP contribution >= 0.6 is 0 Å². The van der Waals surface area contributed by atoms with E-state index in [4.69, 9.17) is 4.74 Å². The fourth-order valence-corrected chi connectivity index (χ4v) is 2.59. The fraction of sp³-hybridized carbons (Fsp3) is 0.389. The molecule has 1 aliphatic heterocycles. The highest BCUT2D eigenvalue weighted by atomic mass is 28.3. The molecule has 1 amide bonds. The van der Waals surface area contributed by atoms with Gasteiger partial charge in [-0.3, -0.25) is 4.90 Å². The number of hydrogen-bond acceptors (Lipinski definition) is 2. The molecule has 0 atom stereocenters. The number of carbonyl (C=O) groups excluding carboxylic acids is 1. The highest BCUT2D eigenvalue weighted by Crippen LogP contribution is 2.18. The van der Waals surface area contributed by atoms with Crippen LogP contribution in [0.3, 0.4) is 0 Å². The summed E-state index contributed by atoms with van der Waals surface area (Å²) in [4.78, 5) is 14.1. The Kier molecular flexibility index (Phi) is 5.45. The van der Waals surface area contributed by atoms with Gasteiger partial charge in [0, 0.05) is 6.54 Å². The summed E-state index contributed by atoms with van der Waals surface area (Å²) >= 11 is 0. The Morgan fingerprint density at radius 1 is 1.18 bits per heavy atom. The van der Waals surface area contributed by atoms with Crippen molar-refractivity contribution < 1.29 is 9.53 Å². The molecule has 0 unspecified atom stereocenters. The van der Waals surface area contributed by atoms with Crippen LogP contribution in [0.1, 0.15) is 19.3 Å². The molecule has 0 aromatic heterocycles. The third-order valence-corrected chi connectivity index (χ3v) is 4.07. The molecule has 116 valence electrons. The van der Waals surface area contributed by atoms with E-state index < -0.39 is 8.07 Å². The number of para-hydroxylation sites is 1. The summed E-state index contributed by atoms with van der Waals surface area (Å²) in [6, 6.07) is 9.17. The molecule has 1 aromatic rings. The second-order valence-corrected chi connectivity index (χ2v) is 11.2. The molecule has 2 rings (SSSR count). The molecular weight excluding hydrogens is 290 g/mol. The first-order valence-electron chi connectivity index (χ1n) is 7.73. The van der Waals surface area contributed by atoms with E-state index in [1.54, 1.807) is 17.0 Å². The average molecular weight is 313 g/mol. The Morgan fingerprint density at radius 3 is 2.59 bits per heavy atom. The lowest BCUT2D eigenvalue weighted by Gasteiger charge is -2.20. The molecule has 0 spiro atoms. The van der Waals surface area contributed by atoms with Gasteiger partial charge in [-0.2, -0.15) is 0 Å². The molecule has 22 heavy (non-hydrogen) atoms. The lowest BCUT2D eigenvalue weighted by Crippen LogP contribution is -2.33. The Hall–Kier alpha value is -1.99. The van der Waals surface area contributed by atoms with Crippen molar-refractivity contribution in [1.29, 1.82) is 0 Å². The topological polar surface area (TPSA) is 29.5 Å². The third kappa shape index (κ3) is 5.08. The van der Waals surface area contributed by atoms with Crippen molar-refractivity contribution in [3.8, 4) is 17.2 Å². The summed E-state index contributed by atoms with van der Waals surface area (Å²) in [6.07, 6.45) is 4.73. The molecule has 0 aliphatic carbocycles. The Labute approximate surface area is 134 Å². The number of benzene rings is 1. The van der Waals surface area contributed by atoms with Crippen LogP contribution in [0.4, 0.5) is 4.79 Å². The van der Waals surface area contributed by atoms with E-state index in [2.05, 4.69) is 37.2 Å². The molecule has 1 heterocycles. The highest BCUT2D eigenvalue weighted by molar-refractivity contribution is 6.83. The van der Waals surface area contributed by atoms with Crippen molar-refractivity contribution >= 4 is 14.2 Å². The van der Waals surface area contributed by atoms with Gasteiger partial charge < -0.3 is 4.74 Å². The van der Waals surface area contributed by atoms with E-state index in [-0.39, 0.29) is 6.09 Å². The van der Waals surface area contributed by atoms with Gasteiger partial charge in [-0.05, 0) is 31.4 Å². The molecule has 1 aliphatic rings. The van der Waals surface area contributed by atoms with Crippen LogP contribution in [-0.2, 0) is 0 Å². The highest BCUT2D eigenvalue weighted by Gasteiger charge is 2.21. The Morgan fingerprint density at radius 2 is 1.91 bits per heavy atom. The van der Waals surface area contributed by atoms with Crippen LogP contribution in [-0.4, -0.2) is 25.6 Å². The van der Waals surface area contributed by atoms with Gasteiger partial charge in [-0.25, -0.2) is 4.79 Å². The fourth-order valence-electron chi connectivity index (χ4n) is 2.09. The van der Waals surface area contributed by atoms with Crippen molar-refractivity contribution in [3.63, 3.8) is 0 Å². The first kappa shape index (κ1) is 16.4. The van der Waals surface area contributed by atoms with E-state index in [0.717, 1.165) is 25.0 Å². The van der Waals surface area contributed by atoms with Crippen molar-refractivity contribution in [3.05, 3.63) is 42.1 Å². The second-order valence-electron chi connectivity index (χ2n) is 6.42. The second kappa shape index (κ2) is 7.32. The van der Waals surface area contributed by atoms with Gasteiger partial charge in [0.1, 0.15) is 13.8 Å². The molecular formula is C18H23NO2Si. The standard InChI is InChI=1S/C18H23NO2Si/c1-22(2,3)15-13-16-10-6-5-9-14-19(16)18(20)21-17-11-7-4-8-12-17/h4,7-8,10-12H,5-6,9,14H2,1-3H3. The molecule has 0 radical (unpaired) electrons. The minimum Gasteiger partial charge on any atom is -0.410 e. The quantitative estimate of drug-likeness (QED) is 0.567. The SMILES string of the molecule is C[Si](C)(C)C#CC1=CCCCCN1C(=O)Oc1ccccc1. The van der Waals surface area contributed by atoms with Crippen LogP contribution < -0.4 is 4.74 Å². The first-order valence-corrected chi connectivity index (χ1v) is 11.2. The maximum absolute atomic E-state index is 12.5. The Bertz CT molecular complexity index is 605. The van der Waals surface area contributed by atoms with Gasteiger partial charge in [-0.15, -0.1) is 5.54 Å². The van der Waals surface area contributed by atoms with Crippen molar-refractivity contribution in [1.82, 2.24) is 4.90 Å². The maximum atomic E-state index is 12.5. The van der Waals surface area contributed by atoms with Gasteiger partial charge in [-0.1, -0.05) is 49.8 Å². The zero-order valence-electron chi connectivity index (χ0n) is 13.6. The van der Waals surface area contributed by atoms with Crippen molar-refractivity contribution in [2.75, 3.05) is 6.54 Å². The number of carbonyl (C=O) groups is 1. The molecule has 3 nitrogen and oxygen atoms in total. The summed E-state index contributed by atoms with van der Waals surface area (Å²) in [6.45, 7) is 7.26. The lowest BCUT2D eigenvalue weighted by molar-refractivity contribution is 0.167. The predicted octanol–water partition coefficient (Wildman–Crippen LogP) is 4.44. The van der Waals surface area contributed by atoms with Gasteiger partial charge in [0.05, 0.1) is 5.70 Å². The van der Waals surface area contributed by atoms with Crippen molar-refractivity contribution in [2.45, 2.75) is 38.9 Å². The van der Waals surface area contributed by atoms with Gasteiger partial charge in [0.15, 0.2) is 0 Å². The van der Waals surface area contributed by atoms with Gasteiger partial charge in [0.2, 0.25) is 0 Å². The molecule has 0 saturated heterocycles. The number of nitrogens with zero attached hydrogens (tertiary/aromatic N) is 1. The first-order chi connectivity index (χ1) is 10.5. The summed E-state index contributed by atoms with van der Waals surface area (Å²) in [5, 5.41) is 0. The zero-order chi connectivity index (χ0) is 16.0. The number of hydrogen-bond donors (Lipinski definition) is 0. The number of rotatable bonds is 1. The molecule has 0 fully saturated rings. The number of allylic oxidation sites excluding steroid dienone is 2. The summed E-state index contributed by atoms with van der Waals surface area (Å²) in [5.74, 6) is 3.78. The van der Waals surface area contributed by atoms with Crippen LogP contribution in [0.2, 0.25) is 19.6 Å². The average Bonchev–Trinajstić information content (AvgIpc) is 2.71. The van der Waals surface area contributed by atoms with E-state index in [9.17, 15) is 4.79 Å². The van der Waals surface area contributed by atoms with Crippen LogP contribution in [0.15, 0.2) is 42.1 Å². The van der Waals surface area contributed by atoms with Gasteiger partial charge in [0.25, 0.3) is 0 Å². The number of amides is 1. The summed E-state index contributed by atoms with van der Waals surface area (Å²) in [7, 11) is -1.48. The molecule has 0 bridgehead atoms. The van der Waals surface area contributed by atoms with E-state index in [1.165, 1.54) is 0 Å². The van der Waals surface area contributed by atoms with E-state index in [1.807, 2.05) is 18.2 Å². The summed E-state index contributed by atoms with van der Waals surface area (Å²) in [5.41, 5.74) is 4.13. The predicted molar refractivity (Wildman–Crippen MR) is 92.2 cm³/mol. The normalized spacial score (nSPS) is 15.2. The Balaban J connectivity index is 2.17. The minimum absolute atomic E-state index is 0.343. The smallest absolute Gasteiger partial charge is 0.410 e. The largest absolute Gasteiger partial charge is 0.420 e. The monoisotopic (exact) mass is 313 g/mol. The molecule has 4 heteroatoms. The number of ether oxygens (including phenoxy) is 1. The molecule has 1 aromatic carbocycles. The van der Waals surface area contributed by atoms with E-state index >= 15 is 0 Å². The van der Waals surface area contributed by atoms with Crippen LogP contribution in [0.5, 0.6) is 5.75 Å². The van der Waals surface area contributed by atoms with E-state index in [0.29, 0.717) is 12.3 Å². The molecule has 0 N–H and O–H groups in total. The molecule has 0 saturated carbocycles. The third-order valence-electron chi connectivity index (χ3n) is 3.20. The zero-order valence-corrected chi connectivity index (χ0v) is 14.6. The van der Waals surface area contributed by atoms with Crippen molar-refractivity contribution in [2.24, 2.45) is 0 Å². The maximum Gasteiger partial charge on any atom is 0.420 e. The minimum atomic E-state index is -1.48. The summed E-state index contributed by atoms with van der Waals surface area (Å²) < 4.78 is 5.46. The van der Waals surface area contributed by atoms with Crippen LogP contribution in [0, 0.1) is 11.5 Å². The van der Waals surface area contributed by atoms with Crippen LogP contribution in [0.25, 0.3) is 0 Å². The van der Waals surface area contributed by atoms with Gasteiger partial charge >= 0.3 is 6.09 Å².